The van der Waals surface area contributed by atoms with Gasteiger partial charge in [0.15, 0.2) is 9.84 Å². The van der Waals surface area contributed by atoms with E-state index < -0.39 is 27.0 Å². The van der Waals surface area contributed by atoms with E-state index in [0.717, 1.165) is 6.26 Å². The van der Waals surface area contributed by atoms with Crippen LogP contribution in [-0.2, 0) is 14.6 Å². The molecule has 6 nitrogen and oxygen atoms in total. The molecular weight excluding hydrogens is 338 g/mol. The summed E-state index contributed by atoms with van der Waals surface area (Å²) in [5.41, 5.74) is -0.0698. The molecule has 1 amide bonds. The Bertz CT molecular complexity index is 626. The lowest BCUT2D eigenvalue weighted by Gasteiger charge is -2.12. The number of aromatic carboxylic acids is 1. The highest BCUT2D eigenvalue weighted by molar-refractivity contribution is 9.10. The van der Waals surface area contributed by atoms with E-state index in [0.29, 0.717) is 4.47 Å². The van der Waals surface area contributed by atoms with Gasteiger partial charge in [-0.25, -0.2) is 13.2 Å². The van der Waals surface area contributed by atoms with E-state index in [-0.39, 0.29) is 11.3 Å². The third-order valence-electron chi connectivity index (χ3n) is 2.48. The van der Waals surface area contributed by atoms with Gasteiger partial charge in [0.1, 0.15) is 5.25 Å². The highest BCUT2D eigenvalue weighted by atomic mass is 79.9. The summed E-state index contributed by atoms with van der Waals surface area (Å²) in [7, 11) is -3.53. The molecule has 0 heterocycles. The molecule has 0 aliphatic heterocycles. The standard InChI is InChI=1S/C11H12BrNO5S/c1-6(19(2,17)18)10(14)13-9-4-3-7(12)5-8(9)11(15)16/h3-6H,1-2H3,(H,13,14)(H,15,16). The lowest BCUT2D eigenvalue weighted by molar-refractivity contribution is -0.115. The van der Waals surface area contributed by atoms with E-state index in [9.17, 15) is 18.0 Å². The molecule has 104 valence electrons. The number of amides is 1. The van der Waals surface area contributed by atoms with Crippen LogP contribution in [0.15, 0.2) is 22.7 Å². The van der Waals surface area contributed by atoms with Crippen LogP contribution in [0.5, 0.6) is 0 Å². The van der Waals surface area contributed by atoms with Crippen LogP contribution in [0.1, 0.15) is 17.3 Å². The number of carboxylic acids is 1. The maximum absolute atomic E-state index is 11.7. The second kappa shape index (κ2) is 5.70. The number of carbonyl (C=O) groups excluding carboxylic acids is 1. The van der Waals surface area contributed by atoms with Crippen molar-refractivity contribution in [1.82, 2.24) is 0 Å². The molecule has 1 aromatic rings. The Morgan fingerprint density at radius 2 is 1.95 bits per heavy atom. The van der Waals surface area contributed by atoms with Gasteiger partial charge in [-0.05, 0) is 25.1 Å². The van der Waals surface area contributed by atoms with Crippen LogP contribution in [0.25, 0.3) is 0 Å². The molecule has 1 atom stereocenters. The normalized spacial score (nSPS) is 12.8. The van der Waals surface area contributed by atoms with Crippen molar-refractivity contribution in [2.45, 2.75) is 12.2 Å². The lowest BCUT2D eigenvalue weighted by atomic mass is 10.2. The van der Waals surface area contributed by atoms with E-state index in [1.807, 2.05) is 0 Å². The van der Waals surface area contributed by atoms with Crippen molar-refractivity contribution < 1.29 is 23.1 Å². The first kappa shape index (κ1) is 15.6. The Hall–Kier alpha value is -1.41. The summed E-state index contributed by atoms with van der Waals surface area (Å²) in [5.74, 6) is -1.99. The van der Waals surface area contributed by atoms with Crippen LogP contribution in [0, 0.1) is 0 Å². The predicted octanol–water partition coefficient (Wildman–Crippen LogP) is 1.52. The topological polar surface area (TPSA) is 101 Å². The highest BCUT2D eigenvalue weighted by Crippen LogP contribution is 2.21. The molecule has 0 aliphatic carbocycles. The fraction of sp³-hybridized carbons (Fsp3) is 0.273. The summed E-state index contributed by atoms with van der Waals surface area (Å²) in [6.07, 6.45) is 0.941. The number of nitrogens with one attached hydrogen (secondary N) is 1. The Morgan fingerprint density at radius 3 is 2.42 bits per heavy atom. The number of hydrogen-bond donors (Lipinski definition) is 2. The number of benzene rings is 1. The Kier molecular flexibility index (Phi) is 4.70. The highest BCUT2D eigenvalue weighted by Gasteiger charge is 2.24. The Balaban J connectivity index is 3.07. The molecule has 0 bridgehead atoms. The summed E-state index contributed by atoms with van der Waals surface area (Å²) in [5, 5.41) is 10.1. The fourth-order valence-corrected chi connectivity index (χ4v) is 2.04. The molecule has 0 saturated heterocycles. The molecule has 1 unspecified atom stereocenters. The second-order valence-corrected chi connectivity index (χ2v) is 7.24. The van der Waals surface area contributed by atoms with E-state index in [1.165, 1.54) is 19.1 Å². The first-order chi connectivity index (χ1) is 8.62. The molecule has 0 aliphatic rings. The molecule has 0 saturated carbocycles. The van der Waals surface area contributed by atoms with E-state index in [1.54, 1.807) is 6.07 Å². The van der Waals surface area contributed by atoms with Gasteiger partial charge in [-0.1, -0.05) is 15.9 Å². The average molecular weight is 350 g/mol. The second-order valence-electron chi connectivity index (χ2n) is 3.96. The van der Waals surface area contributed by atoms with E-state index >= 15 is 0 Å². The number of rotatable bonds is 4. The van der Waals surface area contributed by atoms with Gasteiger partial charge in [-0.2, -0.15) is 0 Å². The van der Waals surface area contributed by atoms with Crippen LogP contribution < -0.4 is 5.32 Å². The fourth-order valence-electron chi connectivity index (χ4n) is 1.23. The quantitative estimate of drug-likeness (QED) is 0.858. The Labute approximate surface area is 118 Å². The zero-order chi connectivity index (χ0) is 14.8. The molecule has 19 heavy (non-hydrogen) atoms. The SMILES string of the molecule is CC(C(=O)Nc1ccc(Br)cc1C(=O)O)S(C)(=O)=O. The maximum atomic E-state index is 11.7. The van der Waals surface area contributed by atoms with Crippen LogP contribution >= 0.6 is 15.9 Å². The molecule has 0 spiro atoms. The summed E-state index contributed by atoms with van der Waals surface area (Å²) in [4.78, 5) is 22.8. The van der Waals surface area contributed by atoms with Gasteiger partial charge in [-0.15, -0.1) is 0 Å². The molecule has 1 aromatic carbocycles. The van der Waals surface area contributed by atoms with Gasteiger partial charge >= 0.3 is 5.97 Å². The minimum absolute atomic E-state index is 0.0520. The number of halogens is 1. The van der Waals surface area contributed by atoms with Crippen LogP contribution in [0.2, 0.25) is 0 Å². The third kappa shape index (κ3) is 4.03. The van der Waals surface area contributed by atoms with Crippen molar-refractivity contribution in [3.8, 4) is 0 Å². The summed E-state index contributed by atoms with van der Waals surface area (Å²) < 4.78 is 23.0. The van der Waals surface area contributed by atoms with Crippen molar-refractivity contribution in [2.75, 3.05) is 11.6 Å². The summed E-state index contributed by atoms with van der Waals surface area (Å²) in [6.45, 7) is 1.24. The van der Waals surface area contributed by atoms with Crippen LogP contribution in [-0.4, -0.2) is 36.9 Å². The number of carbonyl (C=O) groups is 2. The molecular formula is C11H12BrNO5S. The van der Waals surface area contributed by atoms with Crippen molar-refractivity contribution in [1.29, 1.82) is 0 Å². The first-order valence-electron chi connectivity index (χ1n) is 5.15. The van der Waals surface area contributed by atoms with Gasteiger partial charge in [0.05, 0.1) is 11.3 Å². The predicted molar refractivity (Wildman–Crippen MR) is 74.0 cm³/mol. The molecule has 2 N–H and O–H groups in total. The number of sulfone groups is 1. The third-order valence-corrected chi connectivity index (χ3v) is 4.47. The molecule has 0 radical (unpaired) electrons. The number of carboxylic acid groups (broad SMARTS) is 1. The minimum atomic E-state index is -3.53. The van der Waals surface area contributed by atoms with Crippen LogP contribution in [0.4, 0.5) is 5.69 Å². The first-order valence-corrected chi connectivity index (χ1v) is 7.90. The molecule has 0 aromatic heterocycles. The molecule has 1 rings (SSSR count). The lowest BCUT2D eigenvalue weighted by Crippen LogP contribution is -2.32. The van der Waals surface area contributed by atoms with E-state index in [2.05, 4.69) is 21.2 Å². The van der Waals surface area contributed by atoms with E-state index in [4.69, 9.17) is 5.11 Å². The average Bonchev–Trinajstić information content (AvgIpc) is 2.28. The molecule has 8 heteroatoms. The van der Waals surface area contributed by atoms with Gasteiger partial charge < -0.3 is 10.4 Å². The van der Waals surface area contributed by atoms with Gasteiger partial charge in [0, 0.05) is 10.7 Å². The number of hydrogen-bond acceptors (Lipinski definition) is 4. The Morgan fingerprint density at radius 1 is 1.37 bits per heavy atom. The van der Waals surface area contributed by atoms with Gasteiger partial charge in [0.25, 0.3) is 0 Å². The maximum Gasteiger partial charge on any atom is 0.337 e. The smallest absolute Gasteiger partial charge is 0.337 e. The van der Waals surface area contributed by atoms with Crippen molar-refractivity contribution in [3.05, 3.63) is 28.2 Å². The zero-order valence-electron chi connectivity index (χ0n) is 10.2. The van der Waals surface area contributed by atoms with Crippen molar-refractivity contribution in [3.63, 3.8) is 0 Å². The molecule has 0 fully saturated rings. The van der Waals surface area contributed by atoms with Gasteiger partial charge in [-0.3, -0.25) is 4.79 Å². The largest absolute Gasteiger partial charge is 0.478 e. The number of anilines is 1. The monoisotopic (exact) mass is 349 g/mol. The van der Waals surface area contributed by atoms with Gasteiger partial charge in [0.2, 0.25) is 5.91 Å². The summed E-state index contributed by atoms with van der Waals surface area (Å²) in [6, 6.07) is 4.26. The minimum Gasteiger partial charge on any atom is -0.478 e. The zero-order valence-corrected chi connectivity index (χ0v) is 12.6. The van der Waals surface area contributed by atoms with Crippen molar-refractivity contribution >= 4 is 43.3 Å². The van der Waals surface area contributed by atoms with Crippen LogP contribution in [0.3, 0.4) is 0 Å². The summed E-state index contributed by atoms with van der Waals surface area (Å²) >= 11 is 3.12. The van der Waals surface area contributed by atoms with Crippen molar-refractivity contribution in [2.24, 2.45) is 0 Å².